The molecule has 0 saturated carbocycles. The lowest BCUT2D eigenvalue weighted by Crippen LogP contribution is -2.08. The fourth-order valence-corrected chi connectivity index (χ4v) is 2.06. The van der Waals surface area contributed by atoms with Gasteiger partial charge in [-0.25, -0.2) is 4.39 Å². The molecule has 0 heterocycles. The maximum absolute atomic E-state index is 13.6. The zero-order valence-electron chi connectivity index (χ0n) is 13.6. The van der Waals surface area contributed by atoms with Gasteiger partial charge in [0, 0.05) is 17.8 Å². The molecule has 0 spiro atoms. The molecule has 5 nitrogen and oxygen atoms in total. The van der Waals surface area contributed by atoms with Crippen molar-refractivity contribution in [1.29, 1.82) is 0 Å². The molecule has 0 bridgehead atoms. The summed E-state index contributed by atoms with van der Waals surface area (Å²) in [5, 5.41) is 2.70. The lowest BCUT2D eigenvalue weighted by atomic mass is 10.2. The molecule has 126 valence electrons. The van der Waals surface area contributed by atoms with Gasteiger partial charge in [0.2, 0.25) is 5.91 Å². The van der Waals surface area contributed by atoms with Gasteiger partial charge in [0.25, 0.3) is 0 Å². The molecule has 0 aromatic heterocycles. The van der Waals surface area contributed by atoms with Crippen molar-refractivity contribution in [3.05, 3.63) is 53.9 Å². The van der Waals surface area contributed by atoms with Gasteiger partial charge in [0.05, 0.1) is 21.3 Å². The topological polar surface area (TPSA) is 56.8 Å². The molecule has 0 aliphatic carbocycles. The summed E-state index contributed by atoms with van der Waals surface area (Å²) in [4.78, 5) is 12.0. The molecule has 2 aromatic rings. The van der Waals surface area contributed by atoms with Gasteiger partial charge in [0.15, 0.2) is 23.1 Å². The van der Waals surface area contributed by atoms with Gasteiger partial charge in [-0.15, -0.1) is 0 Å². The molecule has 0 unspecified atom stereocenters. The normalized spacial score (nSPS) is 10.5. The standard InChI is InChI=1S/C18H18FNO4/c1-22-15-7-4-12(10-14(15)19)5-9-18(21)20-13-6-8-16(23-2)17(11-13)24-3/h4-11H,1-3H3,(H,20,21)/b9-5+. The van der Waals surface area contributed by atoms with Crippen molar-refractivity contribution in [3.63, 3.8) is 0 Å². The highest BCUT2D eigenvalue weighted by Gasteiger charge is 2.06. The average molecular weight is 331 g/mol. The number of hydrogen-bond donors (Lipinski definition) is 1. The molecule has 0 aliphatic rings. The van der Waals surface area contributed by atoms with Crippen LogP contribution in [0.3, 0.4) is 0 Å². The van der Waals surface area contributed by atoms with Gasteiger partial charge in [0.1, 0.15) is 0 Å². The van der Waals surface area contributed by atoms with Gasteiger partial charge in [-0.05, 0) is 35.9 Å². The molecular formula is C18H18FNO4. The van der Waals surface area contributed by atoms with E-state index in [1.54, 1.807) is 24.3 Å². The highest BCUT2D eigenvalue weighted by molar-refractivity contribution is 6.02. The predicted molar refractivity (Wildman–Crippen MR) is 90.2 cm³/mol. The van der Waals surface area contributed by atoms with Crippen molar-refractivity contribution in [1.82, 2.24) is 0 Å². The van der Waals surface area contributed by atoms with E-state index < -0.39 is 5.82 Å². The maximum atomic E-state index is 13.6. The zero-order valence-corrected chi connectivity index (χ0v) is 13.6. The lowest BCUT2D eigenvalue weighted by Gasteiger charge is -2.09. The van der Waals surface area contributed by atoms with Crippen molar-refractivity contribution in [2.24, 2.45) is 0 Å². The highest BCUT2D eigenvalue weighted by Crippen LogP contribution is 2.29. The fraction of sp³-hybridized carbons (Fsp3) is 0.167. The van der Waals surface area contributed by atoms with Crippen LogP contribution in [0.5, 0.6) is 17.2 Å². The van der Waals surface area contributed by atoms with Crippen molar-refractivity contribution in [3.8, 4) is 17.2 Å². The average Bonchev–Trinajstić information content (AvgIpc) is 2.60. The summed E-state index contributed by atoms with van der Waals surface area (Å²) in [6.45, 7) is 0. The summed E-state index contributed by atoms with van der Waals surface area (Å²) >= 11 is 0. The summed E-state index contributed by atoms with van der Waals surface area (Å²) in [6.07, 6.45) is 2.83. The summed E-state index contributed by atoms with van der Waals surface area (Å²) in [5.74, 6) is 0.400. The van der Waals surface area contributed by atoms with E-state index in [4.69, 9.17) is 14.2 Å². The number of carbonyl (C=O) groups excluding carboxylic acids is 1. The van der Waals surface area contributed by atoms with E-state index in [2.05, 4.69) is 5.32 Å². The Hall–Kier alpha value is -3.02. The molecule has 0 saturated heterocycles. The van der Waals surface area contributed by atoms with Crippen molar-refractivity contribution < 1.29 is 23.4 Å². The van der Waals surface area contributed by atoms with E-state index >= 15 is 0 Å². The summed E-state index contributed by atoms with van der Waals surface area (Å²) in [7, 11) is 4.44. The first-order valence-electron chi connectivity index (χ1n) is 7.12. The Bertz CT molecular complexity index is 759. The van der Waals surface area contributed by atoms with Crippen molar-refractivity contribution >= 4 is 17.7 Å². The first-order valence-corrected chi connectivity index (χ1v) is 7.12. The number of nitrogens with one attached hydrogen (secondary N) is 1. The lowest BCUT2D eigenvalue weighted by molar-refractivity contribution is -0.111. The molecule has 1 N–H and O–H groups in total. The summed E-state index contributed by atoms with van der Waals surface area (Å²) in [6, 6.07) is 9.48. The van der Waals surface area contributed by atoms with Gasteiger partial charge < -0.3 is 19.5 Å². The molecular weight excluding hydrogens is 313 g/mol. The van der Waals surface area contributed by atoms with E-state index in [-0.39, 0.29) is 11.7 Å². The van der Waals surface area contributed by atoms with E-state index in [1.807, 2.05) is 0 Å². The van der Waals surface area contributed by atoms with Crippen LogP contribution in [-0.4, -0.2) is 27.2 Å². The predicted octanol–water partition coefficient (Wildman–Crippen LogP) is 3.50. The molecule has 0 fully saturated rings. The molecule has 24 heavy (non-hydrogen) atoms. The number of amides is 1. The Morgan fingerprint density at radius 1 is 0.958 bits per heavy atom. The van der Waals surface area contributed by atoms with Crippen LogP contribution >= 0.6 is 0 Å². The zero-order chi connectivity index (χ0) is 17.5. The van der Waals surface area contributed by atoms with Gasteiger partial charge in [-0.1, -0.05) is 6.07 Å². The van der Waals surface area contributed by atoms with E-state index in [0.717, 1.165) is 0 Å². The number of carbonyl (C=O) groups is 1. The quantitative estimate of drug-likeness (QED) is 0.823. The molecule has 1 amide bonds. The highest BCUT2D eigenvalue weighted by atomic mass is 19.1. The smallest absolute Gasteiger partial charge is 0.248 e. The van der Waals surface area contributed by atoms with Crippen LogP contribution < -0.4 is 19.5 Å². The molecule has 2 aromatic carbocycles. The number of halogens is 1. The Kier molecular flexibility index (Phi) is 5.78. The molecule has 2 rings (SSSR count). The number of methoxy groups -OCH3 is 3. The van der Waals surface area contributed by atoms with Crippen molar-refractivity contribution in [2.75, 3.05) is 26.6 Å². The first-order chi connectivity index (χ1) is 11.6. The van der Waals surface area contributed by atoms with E-state index in [1.165, 1.54) is 45.6 Å². The van der Waals surface area contributed by atoms with Crippen LogP contribution in [0.2, 0.25) is 0 Å². The van der Waals surface area contributed by atoms with Crippen LogP contribution in [0.1, 0.15) is 5.56 Å². The second kappa shape index (κ2) is 8.01. The molecule has 0 aliphatic heterocycles. The minimum Gasteiger partial charge on any atom is -0.494 e. The van der Waals surface area contributed by atoms with Crippen LogP contribution in [0.25, 0.3) is 6.08 Å². The Morgan fingerprint density at radius 3 is 2.25 bits per heavy atom. The Labute approximate surface area is 139 Å². The summed E-state index contributed by atoms with van der Waals surface area (Å²) in [5.41, 5.74) is 1.11. The first kappa shape index (κ1) is 17.3. The Balaban J connectivity index is 2.06. The minimum absolute atomic E-state index is 0.155. The van der Waals surface area contributed by atoms with E-state index in [0.29, 0.717) is 22.7 Å². The monoisotopic (exact) mass is 331 g/mol. The number of rotatable bonds is 6. The van der Waals surface area contributed by atoms with Crippen LogP contribution in [0, 0.1) is 5.82 Å². The fourth-order valence-electron chi connectivity index (χ4n) is 2.06. The van der Waals surface area contributed by atoms with Gasteiger partial charge >= 0.3 is 0 Å². The SMILES string of the molecule is COc1ccc(/C=C/C(=O)Nc2ccc(OC)c(OC)c2)cc1F. The van der Waals surface area contributed by atoms with Gasteiger partial charge in [-0.3, -0.25) is 4.79 Å². The number of hydrogen-bond acceptors (Lipinski definition) is 4. The van der Waals surface area contributed by atoms with Crippen LogP contribution in [-0.2, 0) is 4.79 Å². The van der Waals surface area contributed by atoms with Crippen LogP contribution in [0.4, 0.5) is 10.1 Å². The van der Waals surface area contributed by atoms with Crippen LogP contribution in [0.15, 0.2) is 42.5 Å². The number of anilines is 1. The third kappa shape index (κ3) is 4.25. The molecule has 6 heteroatoms. The molecule has 0 radical (unpaired) electrons. The Morgan fingerprint density at radius 2 is 1.62 bits per heavy atom. The summed E-state index contributed by atoms with van der Waals surface area (Å²) < 4.78 is 28.7. The van der Waals surface area contributed by atoms with Gasteiger partial charge in [-0.2, -0.15) is 0 Å². The number of ether oxygens (including phenoxy) is 3. The second-order valence-electron chi connectivity index (χ2n) is 4.79. The second-order valence-corrected chi connectivity index (χ2v) is 4.79. The molecule has 0 atom stereocenters. The number of benzene rings is 2. The third-order valence-corrected chi connectivity index (χ3v) is 3.25. The largest absolute Gasteiger partial charge is 0.494 e. The third-order valence-electron chi connectivity index (χ3n) is 3.25. The maximum Gasteiger partial charge on any atom is 0.248 e. The van der Waals surface area contributed by atoms with E-state index in [9.17, 15) is 9.18 Å². The minimum atomic E-state index is -0.486. The van der Waals surface area contributed by atoms with Crippen molar-refractivity contribution in [2.45, 2.75) is 0 Å².